The van der Waals surface area contributed by atoms with E-state index in [0.717, 1.165) is 19.3 Å². The van der Waals surface area contributed by atoms with Crippen molar-refractivity contribution in [2.75, 3.05) is 27.7 Å². The lowest BCUT2D eigenvalue weighted by Gasteiger charge is -2.39. The van der Waals surface area contributed by atoms with Crippen LogP contribution in [0.25, 0.3) is 0 Å². The van der Waals surface area contributed by atoms with E-state index >= 15 is 0 Å². The van der Waals surface area contributed by atoms with Crippen molar-refractivity contribution in [1.82, 2.24) is 5.32 Å². The van der Waals surface area contributed by atoms with Gasteiger partial charge in [-0.2, -0.15) is 0 Å². The number of nitrogens with one attached hydrogen (secondary N) is 1. The van der Waals surface area contributed by atoms with E-state index < -0.39 is 24.0 Å². The third-order valence-electron chi connectivity index (χ3n) is 7.38. The minimum atomic E-state index is -1.17. The third-order valence-corrected chi connectivity index (χ3v) is 7.38. The molecule has 0 aliphatic heterocycles. The van der Waals surface area contributed by atoms with Crippen LogP contribution < -0.4 is 10.4 Å². The van der Waals surface area contributed by atoms with Gasteiger partial charge in [0.05, 0.1) is 39.7 Å². The Morgan fingerprint density at radius 3 is 1.65 bits per heavy atom. The summed E-state index contributed by atoms with van der Waals surface area (Å²) in [5.41, 5.74) is 0. The van der Waals surface area contributed by atoms with Crippen LogP contribution in [0, 0.1) is 5.92 Å². The summed E-state index contributed by atoms with van der Waals surface area (Å²) in [4.78, 5) is 24.4. The molecule has 2 N–H and O–H groups in total. The normalized spacial score (nSPS) is 14.5. The lowest BCUT2D eigenvalue weighted by molar-refractivity contribution is -0.890. The fraction of sp³-hybridized carbons (Fsp3) is 0.871. The molecule has 0 heterocycles. The molecule has 6 nitrogen and oxygen atoms in total. The summed E-state index contributed by atoms with van der Waals surface area (Å²) in [6, 6.07) is -1.36. The first kappa shape index (κ1) is 35.6. The van der Waals surface area contributed by atoms with Crippen molar-refractivity contribution in [1.29, 1.82) is 0 Å². The second-order valence-electron chi connectivity index (χ2n) is 11.7. The van der Waals surface area contributed by atoms with Crippen LogP contribution in [0.2, 0.25) is 0 Å². The van der Waals surface area contributed by atoms with Gasteiger partial charge < -0.3 is 24.8 Å². The van der Waals surface area contributed by atoms with Gasteiger partial charge in [-0.05, 0) is 38.5 Å². The second-order valence-corrected chi connectivity index (χ2v) is 11.7. The molecule has 0 saturated heterocycles. The molecule has 218 valence electrons. The highest BCUT2D eigenvalue weighted by atomic mass is 16.4. The van der Waals surface area contributed by atoms with Crippen molar-refractivity contribution in [2.45, 2.75) is 142 Å². The van der Waals surface area contributed by atoms with Crippen LogP contribution in [0.5, 0.6) is 0 Å². The highest BCUT2D eigenvalue weighted by Crippen LogP contribution is 2.16. The van der Waals surface area contributed by atoms with E-state index in [0.29, 0.717) is 12.8 Å². The van der Waals surface area contributed by atoms with Gasteiger partial charge in [-0.3, -0.25) is 4.79 Å². The highest BCUT2D eigenvalue weighted by Gasteiger charge is 2.35. The monoisotopic (exact) mass is 524 g/mol. The first-order valence-electron chi connectivity index (χ1n) is 15.3. The van der Waals surface area contributed by atoms with E-state index in [2.05, 4.69) is 24.4 Å². The molecule has 0 fully saturated rings. The number of quaternary nitrogens is 1. The molecule has 3 atom stereocenters. The van der Waals surface area contributed by atoms with Crippen molar-refractivity contribution in [3.8, 4) is 0 Å². The highest BCUT2D eigenvalue weighted by molar-refractivity contribution is 5.80. The number of unbranched alkanes of at least 4 members (excludes halogenated alkanes) is 14. The predicted octanol–water partition coefficient (Wildman–Crippen LogP) is 5.52. The van der Waals surface area contributed by atoms with E-state index in [-0.39, 0.29) is 17.0 Å². The van der Waals surface area contributed by atoms with Crippen LogP contribution in [0.1, 0.15) is 129 Å². The first-order chi connectivity index (χ1) is 17.7. The summed E-state index contributed by atoms with van der Waals surface area (Å²) in [5.74, 6) is -1.91. The first-order valence-corrected chi connectivity index (χ1v) is 15.3. The zero-order valence-electron chi connectivity index (χ0n) is 24.9. The Bertz CT molecular complexity index is 601. The number of aliphatic hydroxyl groups excluding tert-OH is 1. The lowest BCUT2D eigenvalue weighted by atomic mass is 9.97. The van der Waals surface area contributed by atoms with Gasteiger partial charge in [0.15, 0.2) is 0 Å². The van der Waals surface area contributed by atoms with Gasteiger partial charge in [0.2, 0.25) is 5.91 Å². The van der Waals surface area contributed by atoms with Crippen molar-refractivity contribution < 1.29 is 24.3 Å². The Balaban J connectivity index is 3.90. The van der Waals surface area contributed by atoms with Crippen LogP contribution in [0.3, 0.4) is 0 Å². The fourth-order valence-corrected chi connectivity index (χ4v) is 5.02. The molecule has 0 spiro atoms. The number of aliphatic hydroxyl groups is 1. The van der Waals surface area contributed by atoms with Gasteiger partial charge in [0.1, 0.15) is 12.0 Å². The second kappa shape index (κ2) is 22.6. The molecular formula is C31H60N2O4. The number of hydrogen-bond acceptors (Lipinski definition) is 4. The molecule has 0 aromatic heterocycles. The molecule has 0 aromatic carbocycles. The standard InChI is InChI=1S/C31H60N2O4/c1-6-8-9-10-11-12-13-14-15-16-17-18-19-20-21-22-23-24-25-27(26-34)30(35)32-28(7-2)29(31(36)37)33(3,4)5/h14-15,27-29,34H,6-13,16-26H2,1-5H3,(H-,32,35,36,37)/b15-14-. The maximum Gasteiger partial charge on any atom is 0.225 e. The Morgan fingerprint density at radius 2 is 1.24 bits per heavy atom. The minimum Gasteiger partial charge on any atom is -0.544 e. The smallest absolute Gasteiger partial charge is 0.225 e. The summed E-state index contributed by atoms with van der Waals surface area (Å²) >= 11 is 0. The number of nitrogens with zero attached hydrogens (tertiary/aromatic N) is 1. The van der Waals surface area contributed by atoms with Crippen molar-refractivity contribution >= 4 is 11.9 Å². The van der Waals surface area contributed by atoms with Crippen molar-refractivity contribution in [3.05, 3.63) is 12.2 Å². The average molecular weight is 525 g/mol. The molecule has 6 heteroatoms. The molecule has 0 bridgehead atoms. The summed E-state index contributed by atoms with van der Waals surface area (Å²) in [5, 5.41) is 24.3. The third kappa shape index (κ3) is 18.5. The van der Waals surface area contributed by atoms with E-state index in [1.807, 2.05) is 6.92 Å². The number of aliphatic carboxylic acids is 1. The van der Waals surface area contributed by atoms with E-state index in [9.17, 15) is 19.8 Å². The van der Waals surface area contributed by atoms with E-state index in [1.54, 1.807) is 21.1 Å². The van der Waals surface area contributed by atoms with Gasteiger partial charge in [-0.1, -0.05) is 103 Å². The molecule has 1 amide bonds. The van der Waals surface area contributed by atoms with Crippen molar-refractivity contribution in [2.24, 2.45) is 5.92 Å². The van der Waals surface area contributed by atoms with Gasteiger partial charge in [0.25, 0.3) is 0 Å². The quantitative estimate of drug-likeness (QED) is 0.0934. The van der Waals surface area contributed by atoms with Crippen LogP contribution in [0.15, 0.2) is 12.2 Å². The molecule has 0 aliphatic carbocycles. The summed E-state index contributed by atoms with van der Waals surface area (Å²) in [6.07, 6.45) is 26.0. The SMILES string of the molecule is CCCCCCCC/C=C\CCCCCCCCCCC(CO)C(=O)NC(CC)C(C(=O)[O-])[N+](C)(C)C. The Hall–Kier alpha value is -1.40. The Morgan fingerprint density at radius 1 is 0.784 bits per heavy atom. The molecular weight excluding hydrogens is 464 g/mol. The zero-order chi connectivity index (χ0) is 27.9. The van der Waals surface area contributed by atoms with E-state index in [1.165, 1.54) is 83.5 Å². The number of carboxylic acid groups (broad SMARTS) is 1. The number of allylic oxidation sites excluding steroid dienone is 2. The minimum absolute atomic E-state index is 0.168. The van der Waals surface area contributed by atoms with Gasteiger partial charge >= 0.3 is 0 Å². The summed E-state index contributed by atoms with van der Waals surface area (Å²) in [6.45, 7) is 3.91. The largest absolute Gasteiger partial charge is 0.544 e. The molecule has 0 rings (SSSR count). The maximum atomic E-state index is 12.7. The zero-order valence-corrected chi connectivity index (χ0v) is 24.9. The topological polar surface area (TPSA) is 89.5 Å². The molecule has 0 saturated carbocycles. The molecule has 37 heavy (non-hydrogen) atoms. The fourth-order valence-electron chi connectivity index (χ4n) is 5.02. The average Bonchev–Trinajstić information content (AvgIpc) is 2.83. The van der Waals surface area contributed by atoms with Gasteiger partial charge in [-0.25, -0.2) is 0 Å². The predicted molar refractivity (Wildman–Crippen MR) is 153 cm³/mol. The van der Waals surface area contributed by atoms with Gasteiger partial charge in [-0.15, -0.1) is 0 Å². The number of carbonyl (C=O) groups excluding carboxylic acids is 2. The number of likely N-dealkylation sites (N-methyl/N-ethyl adjacent to an activating group) is 1. The summed E-state index contributed by atoms with van der Waals surface area (Å²) < 4.78 is 0.168. The van der Waals surface area contributed by atoms with E-state index in [4.69, 9.17) is 0 Å². The number of hydrogen-bond donors (Lipinski definition) is 2. The van der Waals surface area contributed by atoms with Crippen LogP contribution >= 0.6 is 0 Å². The number of rotatable bonds is 25. The molecule has 0 aromatic rings. The molecule has 0 aliphatic rings. The lowest BCUT2D eigenvalue weighted by Crippen LogP contribution is -2.64. The molecule has 3 unspecified atom stereocenters. The summed E-state index contributed by atoms with van der Waals surface area (Å²) in [7, 11) is 5.36. The number of carboxylic acids is 1. The Kier molecular flexibility index (Phi) is 21.7. The number of amides is 1. The maximum absolute atomic E-state index is 12.7. The van der Waals surface area contributed by atoms with Crippen LogP contribution in [-0.2, 0) is 9.59 Å². The van der Waals surface area contributed by atoms with Crippen molar-refractivity contribution in [3.63, 3.8) is 0 Å². The van der Waals surface area contributed by atoms with Crippen LogP contribution in [-0.4, -0.2) is 61.3 Å². The number of carbonyl (C=O) groups is 2. The van der Waals surface area contributed by atoms with Crippen LogP contribution in [0.4, 0.5) is 0 Å². The van der Waals surface area contributed by atoms with Gasteiger partial charge in [0, 0.05) is 0 Å². The Labute approximate surface area is 228 Å². The molecule has 0 radical (unpaired) electrons.